The van der Waals surface area contributed by atoms with E-state index in [0.29, 0.717) is 0 Å². The normalized spacial score (nSPS) is 14.6. The van der Waals surface area contributed by atoms with E-state index in [4.69, 9.17) is 0 Å². The minimum atomic E-state index is 0.890. The molecule has 0 saturated heterocycles. The molecule has 0 aromatic heterocycles. The number of rotatable bonds is 6. The summed E-state index contributed by atoms with van der Waals surface area (Å²) in [6, 6.07) is 0. The van der Waals surface area contributed by atoms with Crippen molar-refractivity contribution in [3.63, 3.8) is 0 Å². The molecule has 0 bridgehead atoms. The molecule has 0 aliphatic heterocycles. The van der Waals surface area contributed by atoms with E-state index in [-0.39, 0.29) is 0 Å². The van der Waals surface area contributed by atoms with Crippen molar-refractivity contribution in [3.8, 4) is 0 Å². The van der Waals surface area contributed by atoms with Crippen molar-refractivity contribution in [2.45, 2.75) is 46.5 Å². The van der Waals surface area contributed by atoms with E-state index in [9.17, 15) is 0 Å². The van der Waals surface area contributed by atoms with Gasteiger partial charge in [0.2, 0.25) is 0 Å². The van der Waals surface area contributed by atoms with Gasteiger partial charge in [-0.3, -0.25) is 4.99 Å². The molecule has 0 aromatic rings. The Hall–Kier alpha value is 0.0200. The average molecular weight is 201 g/mol. The summed E-state index contributed by atoms with van der Waals surface area (Å²) >= 11 is 1.91. The SMILES string of the molecule is CCCCC(CC)CSC(C)=NC. The first-order valence-electron chi connectivity index (χ1n) is 5.30. The van der Waals surface area contributed by atoms with Gasteiger partial charge < -0.3 is 0 Å². The first kappa shape index (κ1) is 13.0. The minimum absolute atomic E-state index is 0.890. The largest absolute Gasteiger partial charge is 0.287 e. The van der Waals surface area contributed by atoms with Gasteiger partial charge in [0.15, 0.2) is 0 Å². The van der Waals surface area contributed by atoms with Crippen LogP contribution in [0.3, 0.4) is 0 Å². The molecular formula is C11H23NS. The number of nitrogens with zero attached hydrogens (tertiary/aromatic N) is 1. The second-order valence-corrected chi connectivity index (χ2v) is 4.68. The lowest BCUT2D eigenvalue weighted by atomic mass is 10.0. The quantitative estimate of drug-likeness (QED) is 0.467. The van der Waals surface area contributed by atoms with Gasteiger partial charge in [-0.2, -0.15) is 0 Å². The Morgan fingerprint density at radius 3 is 2.54 bits per heavy atom. The highest BCUT2D eigenvalue weighted by Crippen LogP contribution is 2.19. The molecule has 13 heavy (non-hydrogen) atoms. The van der Waals surface area contributed by atoms with Gasteiger partial charge in [0.25, 0.3) is 0 Å². The van der Waals surface area contributed by atoms with Crippen LogP contribution in [0.15, 0.2) is 4.99 Å². The molecule has 0 radical (unpaired) electrons. The molecule has 1 unspecified atom stereocenters. The van der Waals surface area contributed by atoms with Gasteiger partial charge in [-0.05, 0) is 19.3 Å². The van der Waals surface area contributed by atoms with Crippen molar-refractivity contribution in [2.75, 3.05) is 12.8 Å². The Balaban J connectivity index is 3.59. The Morgan fingerprint density at radius 1 is 1.38 bits per heavy atom. The highest BCUT2D eigenvalue weighted by molar-refractivity contribution is 8.13. The summed E-state index contributed by atoms with van der Waals surface area (Å²) in [5.74, 6) is 2.14. The van der Waals surface area contributed by atoms with E-state index in [1.807, 2.05) is 18.8 Å². The summed E-state index contributed by atoms with van der Waals surface area (Å²) in [4.78, 5) is 4.15. The molecule has 0 aliphatic rings. The van der Waals surface area contributed by atoms with Crippen LogP contribution < -0.4 is 0 Å². The monoisotopic (exact) mass is 201 g/mol. The molecule has 0 rings (SSSR count). The Kier molecular flexibility index (Phi) is 8.62. The van der Waals surface area contributed by atoms with Gasteiger partial charge in [-0.1, -0.05) is 33.1 Å². The van der Waals surface area contributed by atoms with Crippen molar-refractivity contribution < 1.29 is 0 Å². The lowest BCUT2D eigenvalue weighted by Gasteiger charge is -2.13. The van der Waals surface area contributed by atoms with Crippen LogP contribution in [0.1, 0.15) is 46.5 Å². The summed E-state index contributed by atoms with van der Waals surface area (Å²) in [6.07, 6.45) is 5.39. The number of thioether (sulfide) groups is 1. The summed E-state index contributed by atoms with van der Waals surface area (Å²) in [7, 11) is 1.87. The van der Waals surface area contributed by atoms with E-state index < -0.39 is 0 Å². The number of unbranched alkanes of at least 4 members (excludes halogenated alkanes) is 1. The zero-order valence-electron chi connectivity index (χ0n) is 9.47. The van der Waals surface area contributed by atoms with Crippen LogP contribution in [0.4, 0.5) is 0 Å². The number of hydrogen-bond donors (Lipinski definition) is 0. The maximum absolute atomic E-state index is 4.15. The zero-order chi connectivity index (χ0) is 10.1. The van der Waals surface area contributed by atoms with Crippen LogP contribution >= 0.6 is 11.8 Å². The first-order chi connectivity index (χ1) is 6.24. The average Bonchev–Trinajstić information content (AvgIpc) is 2.17. The molecule has 0 fully saturated rings. The summed E-state index contributed by atoms with van der Waals surface area (Å²) < 4.78 is 0. The molecule has 0 heterocycles. The molecule has 2 heteroatoms. The third-order valence-corrected chi connectivity index (χ3v) is 3.62. The van der Waals surface area contributed by atoms with Crippen LogP contribution in [0, 0.1) is 5.92 Å². The molecule has 0 spiro atoms. The first-order valence-corrected chi connectivity index (χ1v) is 6.29. The highest BCUT2D eigenvalue weighted by atomic mass is 32.2. The van der Waals surface area contributed by atoms with Gasteiger partial charge in [0.1, 0.15) is 0 Å². The van der Waals surface area contributed by atoms with Gasteiger partial charge in [0.05, 0.1) is 5.04 Å². The van der Waals surface area contributed by atoms with Crippen LogP contribution in [0.2, 0.25) is 0 Å². The fourth-order valence-corrected chi connectivity index (χ4v) is 2.21. The number of aliphatic imine (C=N–C) groups is 1. The molecule has 78 valence electrons. The van der Waals surface area contributed by atoms with E-state index in [1.54, 1.807) is 0 Å². The van der Waals surface area contributed by atoms with Crippen molar-refractivity contribution in [1.82, 2.24) is 0 Å². The maximum Gasteiger partial charge on any atom is 0.0641 e. The predicted octanol–water partition coefficient (Wildman–Crippen LogP) is 3.98. The molecule has 0 aliphatic carbocycles. The lowest BCUT2D eigenvalue weighted by molar-refractivity contribution is 0.500. The van der Waals surface area contributed by atoms with E-state index >= 15 is 0 Å². The van der Waals surface area contributed by atoms with Crippen LogP contribution in [-0.2, 0) is 0 Å². The van der Waals surface area contributed by atoms with Gasteiger partial charge >= 0.3 is 0 Å². The van der Waals surface area contributed by atoms with Gasteiger partial charge in [-0.25, -0.2) is 0 Å². The zero-order valence-corrected chi connectivity index (χ0v) is 10.3. The lowest BCUT2D eigenvalue weighted by Crippen LogP contribution is -2.03. The summed E-state index contributed by atoms with van der Waals surface area (Å²) in [5.41, 5.74) is 0. The highest BCUT2D eigenvalue weighted by Gasteiger charge is 2.06. The number of hydrogen-bond acceptors (Lipinski definition) is 2. The van der Waals surface area contributed by atoms with E-state index in [1.165, 1.54) is 36.5 Å². The van der Waals surface area contributed by atoms with Crippen molar-refractivity contribution in [1.29, 1.82) is 0 Å². The van der Waals surface area contributed by atoms with Crippen LogP contribution in [0.25, 0.3) is 0 Å². The van der Waals surface area contributed by atoms with Crippen molar-refractivity contribution in [3.05, 3.63) is 0 Å². The van der Waals surface area contributed by atoms with Crippen molar-refractivity contribution in [2.24, 2.45) is 10.9 Å². The summed E-state index contributed by atoms with van der Waals surface area (Å²) in [5, 5.41) is 1.22. The topological polar surface area (TPSA) is 12.4 Å². The molecule has 0 aromatic carbocycles. The standard InChI is InChI=1S/C11H23NS/c1-5-7-8-11(6-2)9-13-10(3)12-4/h11H,5-9H2,1-4H3. The van der Waals surface area contributed by atoms with Gasteiger partial charge in [0, 0.05) is 12.8 Å². The van der Waals surface area contributed by atoms with Crippen LogP contribution in [-0.4, -0.2) is 17.8 Å². The Morgan fingerprint density at radius 2 is 2.08 bits per heavy atom. The molecule has 0 N–H and O–H groups in total. The molecule has 1 atom stereocenters. The van der Waals surface area contributed by atoms with E-state index in [2.05, 4.69) is 25.8 Å². The van der Waals surface area contributed by atoms with Crippen LogP contribution in [0.5, 0.6) is 0 Å². The second-order valence-electron chi connectivity index (χ2n) is 3.47. The smallest absolute Gasteiger partial charge is 0.0641 e. The fourth-order valence-electron chi connectivity index (χ4n) is 1.20. The molecule has 0 amide bonds. The van der Waals surface area contributed by atoms with E-state index in [0.717, 1.165) is 5.92 Å². The predicted molar refractivity (Wildman–Crippen MR) is 64.8 cm³/mol. The Bertz CT molecular complexity index is 143. The van der Waals surface area contributed by atoms with Crippen molar-refractivity contribution >= 4 is 16.8 Å². The summed E-state index contributed by atoms with van der Waals surface area (Å²) in [6.45, 7) is 6.65. The molecule has 0 saturated carbocycles. The minimum Gasteiger partial charge on any atom is -0.287 e. The third-order valence-electron chi connectivity index (χ3n) is 2.39. The fraction of sp³-hybridized carbons (Fsp3) is 0.909. The Labute approximate surface area is 87.4 Å². The maximum atomic E-state index is 4.15. The third kappa shape index (κ3) is 7.12. The molecule has 1 nitrogen and oxygen atoms in total. The van der Waals surface area contributed by atoms with Gasteiger partial charge in [-0.15, -0.1) is 11.8 Å². The second kappa shape index (κ2) is 8.61. The molecular weight excluding hydrogens is 178 g/mol.